The first-order valence-electron chi connectivity index (χ1n) is 6.33. The number of para-hydroxylation sites is 1. The van der Waals surface area contributed by atoms with Crippen LogP contribution >= 0.6 is 0 Å². The second kappa shape index (κ2) is 7.14. The first kappa shape index (κ1) is 13.9. The summed E-state index contributed by atoms with van der Waals surface area (Å²) in [6.07, 6.45) is 3.73. The summed E-state index contributed by atoms with van der Waals surface area (Å²) in [6.45, 7) is 0.444. The van der Waals surface area contributed by atoms with Gasteiger partial charge in [0.1, 0.15) is 12.4 Å². The molecule has 0 aliphatic carbocycles. The number of rotatable bonds is 5. The second-order valence-electron chi connectivity index (χ2n) is 4.11. The van der Waals surface area contributed by atoms with E-state index in [2.05, 4.69) is 0 Å². The van der Waals surface area contributed by atoms with Gasteiger partial charge in [-0.2, -0.15) is 0 Å². The van der Waals surface area contributed by atoms with Gasteiger partial charge < -0.3 is 9.47 Å². The Morgan fingerprint density at radius 3 is 2.50 bits per heavy atom. The highest BCUT2D eigenvalue weighted by Gasteiger charge is 2.08. The van der Waals surface area contributed by atoms with Gasteiger partial charge in [0, 0.05) is 0 Å². The number of hydrogen-bond donors (Lipinski definition) is 0. The molecule has 0 saturated carbocycles. The van der Waals surface area contributed by atoms with E-state index < -0.39 is 0 Å². The first-order chi connectivity index (χ1) is 9.81. The topological polar surface area (TPSA) is 35.5 Å². The van der Waals surface area contributed by atoms with Crippen LogP contribution in [0.5, 0.6) is 5.75 Å². The predicted molar refractivity (Wildman–Crippen MR) is 78.8 cm³/mol. The van der Waals surface area contributed by atoms with E-state index >= 15 is 0 Å². The highest BCUT2D eigenvalue weighted by molar-refractivity contribution is 5.93. The minimum Gasteiger partial charge on any atom is -0.490 e. The van der Waals surface area contributed by atoms with Crippen LogP contribution < -0.4 is 4.74 Å². The van der Waals surface area contributed by atoms with E-state index in [-0.39, 0.29) is 5.97 Å². The maximum atomic E-state index is 11.6. The van der Waals surface area contributed by atoms with Crippen molar-refractivity contribution >= 4 is 12.0 Å². The lowest BCUT2D eigenvalue weighted by atomic mass is 10.1. The van der Waals surface area contributed by atoms with Crippen molar-refractivity contribution in [1.29, 1.82) is 0 Å². The molecule has 0 radical (unpaired) electrons. The van der Waals surface area contributed by atoms with E-state index in [0.717, 1.165) is 11.3 Å². The Hall–Kier alpha value is -2.55. The molecule has 2 rings (SSSR count). The van der Waals surface area contributed by atoms with E-state index in [4.69, 9.17) is 9.47 Å². The number of hydrogen-bond acceptors (Lipinski definition) is 3. The van der Waals surface area contributed by atoms with Crippen molar-refractivity contribution in [2.45, 2.75) is 0 Å². The highest BCUT2D eigenvalue weighted by atomic mass is 16.5. The molecule has 0 atom stereocenters. The molecule has 3 nitrogen and oxygen atoms in total. The minimum atomic E-state index is -0.339. The smallest absolute Gasteiger partial charge is 0.338 e. The van der Waals surface area contributed by atoms with Crippen LogP contribution in [0, 0.1) is 0 Å². The summed E-state index contributed by atoms with van der Waals surface area (Å²) in [6, 6.07) is 16.9. The summed E-state index contributed by atoms with van der Waals surface area (Å²) in [4.78, 5) is 11.6. The number of methoxy groups -OCH3 is 1. The van der Waals surface area contributed by atoms with Gasteiger partial charge in [0.25, 0.3) is 0 Å². The molecule has 102 valence electrons. The predicted octanol–water partition coefficient (Wildman–Crippen LogP) is 3.57. The summed E-state index contributed by atoms with van der Waals surface area (Å²) < 4.78 is 10.3. The van der Waals surface area contributed by atoms with Crippen molar-refractivity contribution in [1.82, 2.24) is 0 Å². The van der Waals surface area contributed by atoms with E-state index in [1.54, 1.807) is 6.07 Å². The monoisotopic (exact) mass is 268 g/mol. The molecule has 0 unspecified atom stereocenters. The number of ether oxygens (including phenoxy) is 2. The molecule has 20 heavy (non-hydrogen) atoms. The van der Waals surface area contributed by atoms with Gasteiger partial charge in [-0.15, -0.1) is 0 Å². The summed E-state index contributed by atoms with van der Waals surface area (Å²) in [5.41, 5.74) is 1.36. The van der Waals surface area contributed by atoms with Crippen LogP contribution in [0.2, 0.25) is 0 Å². The Morgan fingerprint density at radius 1 is 1.05 bits per heavy atom. The van der Waals surface area contributed by atoms with Gasteiger partial charge in [-0.1, -0.05) is 42.5 Å². The Morgan fingerprint density at radius 2 is 1.75 bits per heavy atom. The Labute approximate surface area is 118 Å². The van der Waals surface area contributed by atoms with Gasteiger partial charge in [-0.25, -0.2) is 4.79 Å². The van der Waals surface area contributed by atoms with E-state index in [0.29, 0.717) is 12.2 Å². The van der Waals surface area contributed by atoms with Gasteiger partial charge in [-0.05, 0) is 29.8 Å². The molecule has 0 heterocycles. The van der Waals surface area contributed by atoms with E-state index in [9.17, 15) is 4.79 Å². The third-order valence-electron chi connectivity index (χ3n) is 2.75. The highest BCUT2D eigenvalue weighted by Crippen LogP contribution is 2.12. The van der Waals surface area contributed by atoms with E-state index in [1.807, 2.05) is 60.7 Å². The Balaban J connectivity index is 1.99. The zero-order valence-electron chi connectivity index (χ0n) is 11.3. The zero-order chi connectivity index (χ0) is 14.2. The molecule has 3 heteroatoms. The average molecular weight is 268 g/mol. The second-order valence-corrected chi connectivity index (χ2v) is 4.11. The van der Waals surface area contributed by atoms with Gasteiger partial charge in [0.05, 0.1) is 12.7 Å². The molecule has 0 amide bonds. The van der Waals surface area contributed by atoms with Crippen LogP contribution in [0.3, 0.4) is 0 Å². The summed E-state index contributed by atoms with van der Waals surface area (Å²) in [7, 11) is 1.38. The molecule has 2 aromatic carbocycles. The largest absolute Gasteiger partial charge is 0.490 e. The summed E-state index contributed by atoms with van der Waals surface area (Å²) in [5.74, 6) is 0.479. The zero-order valence-corrected chi connectivity index (χ0v) is 11.3. The fraction of sp³-hybridized carbons (Fsp3) is 0.118. The van der Waals surface area contributed by atoms with Crippen LogP contribution in [0.4, 0.5) is 0 Å². The van der Waals surface area contributed by atoms with Crippen LogP contribution in [0.15, 0.2) is 60.7 Å². The Kier molecular flexibility index (Phi) is 4.95. The number of carbonyl (C=O) groups is 1. The Bertz CT molecular complexity index is 588. The molecule has 0 aromatic heterocycles. The van der Waals surface area contributed by atoms with Crippen molar-refractivity contribution in [2.75, 3.05) is 13.7 Å². The van der Waals surface area contributed by atoms with Crippen molar-refractivity contribution in [3.05, 3.63) is 71.8 Å². The third-order valence-corrected chi connectivity index (χ3v) is 2.75. The maximum Gasteiger partial charge on any atom is 0.338 e. The summed E-state index contributed by atoms with van der Waals surface area (Å²) in [5, 5.41) is 0. The lowest BCUT2D eigenvalue weighted by molar-refractivity contribution is 0.0600. The van der Waals surface area contributed by atoms with Crippen molar-refractivity contribution in [3.63, 3.8) is 0 Å². The SMILES string of the molecule is COC(=O)c1ccccc1/C=C/COc1ccccc1. The lowest BCUT2D eigenvalue weighted by Crippen LogP contribution is -2.03. The molecule has 0 saturated heterocycles. The standard InChI is InChI=1S/C17H16O3/c1-19-17(18)16-12-6-5-8-14(16)9-7-13-20-15-10-3-2-4-11-15/h2-12H,13H2,1H3/b9-7+. The molecular formula is C17H16O3. The molecule has 0 spiro atoms. The van der Waals surface area contributed by atoms with Gasteiger partial charge in [0.15, 0.2) is 0 Å². The molecular weight excluding hydrogens is 252 g/mol. The van der Waals surface area contributed by atoms with Crippen LogP contribution in [-0.2, 0) is 4.74 Å². The fourth-order valence-corrected chi connectivity index (χ4v) is 1.77. The molecule has 2 aromatic rings. The van der Waals surface area contributed by atoms with Crippen molar-refractivity contribution < 1.29 is 14.3 Å². The van der Waals surface area contributed by atoms with E-state index in [1.165, 1.54) is 7.11 Å². The number of carbonyl (C=O) groups excluding carboxylic acids is 1. The maximum absolute atomic E-state index is 11.6. The average Bonchev–Trinajstić information content (AvgIpc) is 2.52. The molecule has 0 fully saturated rings. The number of esters is 1. The molecule has 0 bridgehead atoms. The minimum absolute atomic E-state index is 0.339. The lowest BCUT2D eigenvalue weighted by Gasteiger charge is -2.04. The first-order valence-corrected chi connectivity index (χ1v) is 6.33. The molecule has 0 N–H and O–H groups in total. The van der Waals surface area contributed by atoms with Crippen LogP contribution in [-0.4, -0.2) is 19.7 Å². The van der Waals surface area contributed by atoms with Gasteiger partial charge in [-0.3, -0.25) is 0 Å². The fourth-order valence-electron chi connectivity index (χ4n) is 1.77. The normalized spacial score (nSPS) is 10.4. The van der Waals surface area contributed by atoms with Crippen molar-refractivity contribution in [2.24, 2.45) is 0 Å². The van der Waals surface area contributed by atoms with Gasteiger partial charge >= 0.3 is 5.97 Å². The summed E-state index contributed by atoms with van der Waals surface area (Å²) >= 11 is 0. The third kappa shape index (κ3) is 3.72. The van der Waals surface area contributed by atoms with Crippen molar-refractivity contribution in [3.8, 4) is 5.75 Å². The molecule has 0 aliphatic rings. The number of benzene rings is 2. The molecule has 0 aliphatic heterocycles. The van der Waals surface area contributed by atoms with Gasteiger partial charge in [0.2, 0.25) is 0 Å². The quantitative estimate of drug-likeness (QED) is 0.778. The van der Waals surface area contributed by atoms with Crippen LogP contribution in [0.1, 0.15) is 15.9 Å². The van der Waals surface area contributed by atoms with Crippen LogP contribution in [0.25, 0.3) is 6.08 Å².